The van der Waals surface area contributed by atoms with Crippen molar-refractivity contribution in [3.8, 4) is 5.75 Å². The van der Waals surface area contributed by atoms with Gasteiger partial charge < -0.3 is 31.1 Å². The SMILES string of the molecule is CCCCN(CCCC)Cc1cc(N(C)C)c2c(c1O)C(O)=C1C(=O)[C@]3(O)C(O)=C(C(N)=O)C(=O)C[C@@H]3C[C@@H]1C2. The number of ketones is 2. The lowest BCUT2D eigenvalue weighted by atomic mass is 9.59. The lowest BCUT2D eigenvalue weighted by molar-refractivity contribution is -0.147. The Balaban J connectivity index is 1.86. The van der Waals surface area contributed by atoms with E-state index in [1.54, 1.807) is 0 Å². The highest BCUT2D eigenvalue weighted by atomic mass is 16.3. The van der Waals surface area contributed by atoms with E-state index in [4.69, 9.17) is 5.73 Å². The van der Waals surface area contributed by atoms with Crippen molar-refractivity contribution in [2.24, 2.45) is 17.6 Å². The van der Waals surface area contributed by atoms with E-state index in [2.05, 4.69) is 18.7 Å². The molecule has 0 bridgehead atoms. The summed E-state index contributed by atoms with van der Waals surface area (Å²) >= 11 is 0. The number of rotatable bonds is 10. The van der Waals surface area contributed by atoms with Crippen molar-refractivity contribution in [1.29, 1.82) is 0 Å². The van der Waals surface area contributed by atoms with Crippen molar-refractivity contribution in [2.45, 2.75) is 70.9 Å². The van der Waals surface area contributed by atoms with E-state index in [1.807, 2.05) is 25.1 Å². The third kappa shape index (κ3) is 4.77. The fourth-order valence-corrected chi connectivity index (χ4v) is 6.52. The number of carbonyl (C=O) groups is 3. The minimum Gasteiger partial charge on any atom is -0.508 e. The van der Waals surface area contributed by atoms with Gasteiger partial charge in [-0.25, -0.2) is 0 Å². The average molecular weight is 556 g/mol. The van der Waals surface area contributed by atoms with Gasteiger partial charge in [-0.15, -0.1) is 0 Å². The Hall–Kier alpha value is -3.37. The lowest BCUT2D eigenvalue weighted by Gasteiger charge is -2.46. The second kappa shape index (κ2) is 11.2. The van der Waals surface area contributed by atoms with Gasteiger partial charge in [0.2, 0.25) is 5.78 Å². The third-order valence-corrected chi connectivity index (χ3v) is 8.65. The molecule has 0 saturated heterocycles. The number of hydrogen-bond donors (Lipinski definition) is 5. The number of hydrogen-bond acceptors (Lipinski definition) is 9. The second-order valence-electron chi connectivity index (χ2n) is 11.5. The van der Waals surface area contributed by atoms with Gasteiger partial charge in [-0.05, 0) is 56.3 Å². The monoisotopic (exact) mass is 555 g/mol. The molecule has 3 aliphatic rings. The summed E-state index contributed by atoms with van der Waals surface area (Å²) in [5.74, 6) is -6.13. The van der Waals surface area contributed by atoms with Crippen LogP contribution in [0.4, 0.5) is 5.69 Å². The lowest BCUT2D eigenvalue weighted by Crippen LogP contribution is -2.58. The van der Waals surface area contributed by atoms with Gasteiger partial charge in [0.1, 0.15) is 22.8 Å². The molecule has 0 radical (unpaired) electrons. The minimum absolute atomic E-state index is 0.111. The molecule has 0 aliphatic heterocycles. The predicted molar refractivity (Wildman–Crippen MR) is 151 cm³/mol. The first kappa shape index (κ1) is 29.6. The number of aliphatic hydroxyl groups is 3. The number of fused-ring (bicyclic) bond motifs is 3. The van der Waals surface area contributed by atoms with Crippen LogP contribution in [0.25, 0.3) is 5.76 Å². The van der Waals surface area contributed by atoms with E-state index in [0.29, 0.717) is 17.7 Å². The van der Waals surface area contributed by atoms with Crippen LogP contribution >= 0.6 is 0 Å². The minimum atomic E-state index is -2.57. The maximum Gasteiger partial charge on any atom is 0.255 e. The summed E-state index contributed by atoms with van der Waals surface area (Å²) in [5, 5.41) is 45.3. The van der Waals surface area contributed by atoms with E-state index in [-0.39, 0.29) is 36.1 Å². The number of carbonyl (C=O) groups excluding carboxylic acids is 3. The van der Waals surface area contributed by atoms with Crippen LogP contribution in [0.3, 0.4) is 0 Å². The highest BCUT2D eigenvalue weighted by Gasteiger charge is 2.60. The molecular formula is C30H41N3O7. The number of aliphatic hydroxyl groups excluding tert-OH is 2. The van der Waals surface area contributed by atoms with Crippen molar-refractivity contribution in [2.75, 3.05) is 32.1 Å². The van der Waals surface area contributed by atoms with Crippen molar-refractivity contribution in [1.82, 2.24) is 4.90 Å². The number of anilines is 1. The van der Waals surface area contributed by atoms with E-state index < -0.39 is 52.0 Å². The van der Waals surface area contributed by atoms with Gasteiger partial charge in [0.05, 0.1) is 5.56 Å². The quantitative estimate of drug-likeness (QED) is 0.273. The van der Waals surface area contributed by atoms with E-state index in [0.717, 1.165) is 44.5 Å². The van der Waals surface area contributed by atoms with E-state index in [9.17, 15) is 34.8 Å². The third-order valence-electron chi connectivity index (χ3n) is 8.65. The standard InChI is InChI=1S/C30H41N3O7/c1-5-7-9-33(10-8-6-2)15-17-13-20(32(3)4)19-12-16-11-18-14-21(34)24(29(31)39)28(38)30(18,40)27(37)22(16)26(36)23(19)25(17)35/h13,16,18,35-36,38,40H,5-12,14-15H2,1-4H3,(H2,31,39)/t16-,18+,30+/m1/s1. The first-order valence-corrected chi connectivity index (χ1v) is 14.1. The van der Waals surface area contributed by atoms with Crippen LogP contribution in [0.1, 0.15) is 69.1 Å². The van der Waals surface area contributed by atoms with Crippen LogP contribution in [0, 0.1) is 11.8 Å². The van der Waals surface area contributed by atoms with Gasteiger partial charge in [-0.3, -0.25) is 19.3 Å². The van der Waals surface area contributed by atoms with Crippen LogP contribution < -0.4 is 10.6 Å². The second-order valence-corrected chi connectivity index (χ2v) is 11.5. The summed E-state index contributed by atoms with van der Waals surface area (Å²) in [6.45, 7) is 6.43. The smallest absolute Gasteiger partial charge is 0.255 e. The topological polar surface area (TPSA) is 165 Å². The Morgan fingerprint density at radius 2 is 1.70 bits per heavy atom. The number of Topliss-reactive ketones (excluding diaryl/α,β-unsaturated/α-hetero) is 2. The molecule has 1 saturated carbocycles. The maximum absolute atomic E-state index is 13.8. The Morgan fingerprint density at radius 1 is 1.07 bits per heavy atom. The molecule has 0 unspecified atom stereocenters. The molecule has 0 aromatic heterocycles. The number of aromatic hydroxyl groups is 1. The number of nitrogens with two attached hydrogens (primary N) is 1. The molecule has 40 heavy (non-hydrogen) atoms. The number of benzene rings is 1. The molecule has 0 spiro atoms. The molecule has 3 atom stereocenters. The first-order valence-electron chi connectivity index (χ1n) is 14.1. The Labute approximate surface area is 234 Å². The Morgan fingerprint density at radius 3 is 2.25 bits per heavy atom. The van der Waals surface area contributed by atoms with Gasteiger partial charge in [0.25, 0.3) is 5.91 Å². The summed E-state index contributed by atoms with van der Waals surface area (Å²) in [6.07, 6.45) is 4.14. The van der Waals surface area contributed by atoms with Crippen molar-refractivity contribution < 1.29 is 34.8 Å². The molecule has 0 heterocycles. The van der Waals surface area contributed by atoms with Gasteiger partial charge >= 0.3 is 0 Å². The highest BCUT2D eigenvalue weighted by molar-refractivity contribution is 6.22. The fourth-order valence-electron chi connectivity index (χ4n) is 6.52. The summed E-state index contributed by atoms with van der Waals surface area (Å²) < 4.78 is 0. The fraction of sp³-hybridized carbons (Fsp3) is 0.567. The molecule has 6 N–H and O–H groups in total. The summed E-state index contributed by atoms with van der Waals surface area (Å²) in [5.41, 5.74) is 4.02. The molecule has 4 rings (SSSR count). The van der Waals surface area contributed by atoms with Gasteiger partial charge in [-0.1, -0.05) is 26.7 Å². The van der Waals surface area contributed by atoms with Gasteiger partial charge in [0.15, 0.2) is 11.4 Å². The van der Waals surface area contributed by atoms with Crippen molar-refractivity contribution >= 4 is 28.9 Å². The number of nitrogens with zero attached hydrogens (tertiary/aromatic N) is 2. The molecule has 1 aromatic carbocycles. The molecule has 10 nitrogen and oxygen atoms in total. The van der Waals surface area contributed by atoms with Crippen molar-refractivity contribution in [3.05, 3.63) is 39.7 Å². The number of unbranched alkanes of at least 4 members (excludes halogenated alkanes) is 2. The van der Waals surface area contributed by atoms with Gasteiger partial charge in [0, 0.05) is 49.8 Å². The maximum atomic E-state index is 13.8. The van der Waals surface area contributed by atoms with Gasteiger partial charge in [-0.2, -0.15) is 0 Å². The van der Waals surface area contributed by atoms with Crippen molar-refractivity contribution in [3.63, 3.8) is 0 Å². The molecule has 1 aromatic rings. The Bertz CT molecular complexity index is 1290. The molecular weight excluding hydrogens is 514 g/mol. The normalized spacial score (nSPS) is 24.2. The molecule has 1 fully saturated rings. The molecule has 10 heteroatoms. The average Bonchev–Trinajstić information content (AvgIpc) is 2.88. The van der Waals surface area contributed by atoms with E-state index in [1.165, 1.54) is 0 Å². The number of amides is 1. The zero-order chi connectivity index (χ0) is 29.5. The first-order chi connectivity index (χ1) is 18.9. The zero-order valence-electron chi connectivity index (χ0n) is 23.8. The number of phenols is 1. The van der Waals surface area contributed by atoms with Crippen LogP contribution in [0.2, 0.25) is 0 Å². The molecule has 218 valence electrons. The number of primary amides is 1. The summed E-state index contributed by atoms with van der Waals surface area (Å²) in [4.78, 5) is 42.4. The summed E-state index contributed by atoms with van der Waals surface area (Å²) in [7, 11) is 3.74. The van der Waals surface area contributed by atoms with Crippen LogP contribution in [0.15, 0.2) is 23.0 Å². The Kier molecular flexibility index (Phi) is 8.33. The number of phenolic OH excluding ortho intramolecular Hbond substituents is 1. The predicted octanol–water partition coefficient (Wildman–Crippen LogP) is 2.89. The van der Waals surface area contributed by atoms with Crippen LogP contribution in [0.5, 0.6) is 5.75 Å². The molecule has 3 aliphatic carbocycles. The largest absolute Gasteiger partial charge is 0.508 e. The summed E-state index contributed by atoms with van der Waals surface area (Å²) in [6, 6.07) is 1.93. The van der Waals surface area contributed by atoms with E-state index >= 15 is 0 Å². The zero-order valence-corrected chi connectivity index (χ0v) is 23.8. The van der Waals surface area contributed by atoms with Crippen LogP contribution in [-0.4, -0.2) is 75.6 Å². The van der Waals surface area contributed by atoms with Crippen LogP contribution in [-0.2, 0) is 27.3 Å². The highest BCUT2D eigenvalue weighted by Crippen LogP contribution is 2.53. The molecule has 1 amide bonds.